The van der Waals surface area contributed by atoms with Crippen LogP contribution in [0.25, 0.3) is 0 Å². The molecule has 1 aliphatic carbocycles. The van der Waals surface area contributed by atoms with Gasteiger partial charge in [-0.25, -0.2) is 0 Å². The van der Waals surface area contributed by atoms with E-state index in [4.69, 9.17) is 15.2 Å². The van der Waals surface area contributed by atoms with Crippen molar-refractivity contribution in [1.29, 1.82) is 0 Å². The Kier molecular flexibility index (Phi) is 5.41. The Morgan fingerprint density at radius 1 is 1.28 bits per heavy atom. The van der Waals surface area contributed by atoms with Crippen LogP contribution in [-0.4, -0.2) is 56.4 Å². The van der Waals surface area contributed by atoms with E-state index in [1.165, 1.54) is 12.8 Å². The monoisotopic (exact) mass is 256 g/mol. The maximum absolute atomic E-state index is 11.9. The molecule has 0 spiro atoms. The standard InChI is InChI=1S/C13H24N2O3/c14-9-11-3-1-2-4-12(11)18-10-13(16)15-5-7-17-8-6-15/h11-12H,1-10,14H2. The third-order valence-electron chi connectivity index (χ3n) is 3.93. The summed E-state index contributed by atoms with van der Waals surface area (Å²) in [6, 6.07) is 0. The highest BCUT2D eigenvalue weighted by molar-refractivity contribution is 5.77. The van der Waals surface area contributed by atoms with Gasteiger partial charge in [0, 0.05) is 13.1 Å². The van der Waals surface area contributed by atoms with E-state index < -0.39 is 0 Å². The van der Waals surface area contributed by atoms with Crippen molar-refractivity contribution in [2.75, 3.05) is 39.5 Å². The van der Waals surface area contributed by atoms with Crippen molar-refractivity contribution in [3.63, 3.8) is 0 Å². The van der Waals surface area contributed by atoms with Crippen molar-refractivity contribution in [2.24, 2.45) is 11.7 Å². The van der Waals surface area contributed by atoms with Gasteiger partial charge in [-0.05, 0) is 25.3 Å². The molecule has 1 saturated heterocycles. The summed E-state index contributed by atoms with van der Waals surface area (Å²) in [6.07, 6.45) is 4.77. The molecule has 0 aromatic carbocycles. The van der Waals surface area contributed by atoms with Gasteiger partial charge >= 0.3 is 0 Å². The Bertz CT molecular complexity index is 267. The summed E-state index contributed by atoms with van der Waals surface area (Å²) in [5.41, 5.74) is 5.75. The largest absolute Gasteiger partial charge is 0.378 e. The van der Waals surface area contributed by atoms with E-state index in [9.17, 15) is 4.79 Å². The van der Waals surface area contributed by atoms with Gasteiger partial charge < -0.3 is 20.1 Å². The minimum absolute atomic E-state index is 0.0830. The van der Waals surface area contributed by atoms with Crippen LogP contribution in [0.3, 0.4) is 0 Å². The van der Waals surface area contributed by atoms with Gasteiger partial charge in [0.2, 0.25) is 5.91 Å². The van der Waals surface area contributed by atoms with E-state index >= 15 is 0 Å². The van der Waals surface area contributed by atoms with E-state index in [-0.39, 0.29) is 18.6 Å². The Hall–Kier alpha value is -0.650. The zero-order valence-electron chi connectivity index (χ0n) is 11.0. The van der Waals surface area contributed by atoms with E-state index in [1.807, 2.05) is 4.90 Å². The summed E-state index contributed by atoms with van der Waals surface area (Å²) < 4.78 is 11.0. The maximum Gasteiger partial charge on any atom is 0.248 e. The van der Waals surface area contributed by atoms with Gasteiger partial charge in [-0.15, -0.1) is 0 Å². The smallest absolute Gasteiger partial charge is 0.248 e. The molecule has 5 nitrogen and oxygen atoms in total. The molecule has 2 aliphatic rings. The molecule has 0 radical (unpaired) electrons. The van der Waals surface area contributed by atoms with E-state index in [0.717, 1.165) is 12.8 Å². The van der Waals surface area contributed by atoms with Gasteiger partial charge in [-0.3, -0.25) is 4.79 Å². The average molecular weight is 256 g/mol. The topological polar surface area (TPSA) is 64.8 Å². The summed E-state index contributed by atoms with van der Waals surface area (Å²) >= 11 is 0. The van der Waals surface area contributed by atoms with Gasteiger partial charge in [0.25, 0.3) is 0 Å². The third kappa shape index (κ3) is 3.67. The average Bonchev–Trinajstić information content (AvgIpc) is 2.46. The predicted molar refractivity (Wildman–Crippen MR) is 68.2 cm³/mol. The third-order valence-corrected chi connectivity index (χ3v) is 3.93. The van der Waals surface area contributed by atoms with Crippen molar-refractivity contribution < 1.29 is 14.3 Å². The Morgan fingerprint density at radius 3 is 2.72 bits per heavy atom. The summed E-state index contributed by atoms with van der Waals surface area (Å²) in [5.74, 6) is 0.510. The molecule has 1 saturated carbocycles. The van der Waals surface area contributed by atoms with Crippen LogP contribution >= 0.6 is 0 Å². The first-order chi connectivity index (χ1) is 8.81. The number of hydrogen-bond acceptors (Lipinski definition) is 4. The molecule has 1 aliphatic heterocycles. The lowest BCUT2D eigenvalue weighted by Gasteiger charge is -2.32. The number of amides is 1. The van der Waals surface area contributed by atoms with Gasteiger partial charge in [0.05, 0.1) is 19.3 Å². The summed E-state index contributed by atoms with van der Waals surface area (Å²) in [7, 11) is 0. The zero-order chi connectivity index (χ0) is 12.8. The van der Waals surface area contributed by atoms with Crippen LogP contribution in [0, 0.1) is 5.92 Å². The summed E-state index contributed by atoms with van der Waals surface area (Å²) in [6.45, 7) is 3.51. The Morgan fingerprint density at radius 2 is 2.00 bits per heavy atom. The molecule has 5 heteroatoms. The van der Waals surface area contributed by atoms with Crippen LogP contribution in [0.5, 0.6) is 0 Å². The van der Waals surface area contributed by atoms with Crippen molar-refractivity contribution >= 4 is 5.91 Å². The lowest BCUT2D eigenvalue weighted by Crippen LogP contribution is -2.44. The number of hydrogen-bond donors (Lipinski definition) is 1. The van der Waals surface area contributed by atoms with Crippen LogP contribution in [0.15, 0.2) is 0 Å². The van der Waals surface area contributed by atoms with Crippen LogP contribution in [0.1, 0.15) is 25.7 Å². The first-order valence-electron chi connectivity index (χ1n) is 6.98. The van der Waals surface area contributed by atoms with E-state index in [0.29, 0.717) is 38.8 Å². The van der Waals surface area contributed by atoms with Crippen molar-refractivity contribution in [3.05, 3.63) is 0 Å². The molecule has 2 atom stereocenters. The molecule has 1 amide bonds. The Labute approximate surface area is 109 Å². The molecule has 2 N–H and O–H groups in total. The molecule has 2 rings (SSSR count). The number of carbonyl (C=O) groups excluding carboxylic acids is 1. The predicted octanol–water partition coefficient (Wildman–Crippen LogP) is 0.379. The summed E-state index contributed by atoms with van der Waals surface area (Å²) in [5, 5.41) is 0. The zero-order valence-corrected chi connectivity index (χ0v) is 11.0. The fourth-order valence-electron chi connectivity index (χ4n) is 2.75. The molecule has 0 bridgehead atoms. The normalized spacial score (nSPS) is 29.3. The van der Waals surface area contributed by atoms with Gasteiger partial charge in [0.15, 0.2) is 0 Å². The lowest BCUT2D eigenvalue weighted by molar-refractivity contribution is -0.144. The highest BCUT2D eigenvalue weighted by Gasteiger charge is 2.26. The number of carbonyl (C=O) groups is 1. The van der Waals surface area contributed by atoms with Crippen LogP contribution in [0.2, 0.25) is 0 Å². The fraction of sp³-hybridized carbons (Fsp3) is 0.923. The van der Waals surface area contributed by atoms with Crippen LogP contribution in [-0.2, 0) is 14.3 Å². The van der Waals surface area contributed by atoms with Crippen LogP contribution in [0.4, 0.5) is 0 Å². The minimum Gasteiger partial charge on any atom is -0.378 e. The Balaban J connectivity index is 1.73. The number of nitrogens with two attached hydrogens (primary N) is 1. The van der Waals surface area contributed by atoms with Crippen molar-refractivity contribution in [2.45, 2.75) is 31.8 Å². The molecule has 1 heterocycles. The molecule has 0 aromatic rings. The van der Waals surface area contributed by atoms with Gasteiger partial charge in [0.1, 0.15) is 6.61 Å². The molecule has 0 aromatic heterocycles. The van der Waals surface area contributed by atoms with E-state index in [2.05, 4.69) is 0 Å². The lowest BCUT2D eigenvalue weighted by atomic mass is 9.86. The molecular weight excluding hydrogens is 232 g/mol. The molecular formula is C13H24N2O3. The first-order valence-corrected chi connectivity index (χ1v) is 6.98. The number of nitrogens with zero attached hydrogens (tertiary/aromatic N) is 1. The minimum atomic E-state index is 0.0830. The number of ether oxygens (including phenoxy) is 2. The second-order valence-corrected chi connectivity index (χ2v) is 5.12. The quantitative estimate of drug-likeness (QED) is 0.790. The summed E-state index contributed by atoms with van der Waals surface area (Å²) in [4.78, 5) is 13.8. The number of rotatable bonds is 4. The highest BCUT2D eigenvalue weighted by atomic mass is 16.5. The fourth-order valence-corrected chi connectivity index (χ4v) is 2.75. The molecule has 2 fully saturated rings. The second kappa shape index (κ2) is 7.07. The number of morpholine rings is 1. The molecule has 18 heavy (non-hydrogen) atoms. The molecule has 2 unspecified atom stereocenters. The van der Waals surface area contributed by atoms with Crippen LogP contribution < -0.4 is 5.73 Å². The molecule has 104 valence electrons. The van der Waals surface area contributed by atoms with Gasteiger partial charge in [-0.2, -0.15) is 0 Å². The first kappa shape index (κ1) is 13.8. The van der Waals surface area contributed by atoms with Gasteiger partial charge in [-0.1, -0.05) is 12.8 Å². The van der Waals surface area contributed by atoms with Crippen molar-refractivity contribution in [1.82, 2.24) is 4.90 Å². The SMILES string of the molecule is NCC1CCCCC1OCC(=O)N1CCOCC1. The maximum atomic E-state index is 11.9. The van der Waals surface area contributed by atoms with Crippen molar-refractivity contribution in [3.8, 4) is 0 Å². The second-order valence-electron chi connectivity index (χ2n) is 5.12. The highest BCUT2D eigenvalue weighted by Crippen LogP contribution is 2.26. The van der Waals surface area contributed by atoms with E-state index in [1.54, 1.807) is 0 Å².